The summed E-state index contributed by atoms with van der Waals surface area (Å²) in [6, 6.07) is 5.53. The second-order valence-corrected chi connectivity index (χ2v) is 4.46. The molecule has 0 aliphatic rings. The number of nitrogens with zero attached hydrogens (tertiary/aromatic N) is 2. The summed E-state index contributed by atoms with van der Waals surface area (Å²) in [7, 11) is 3.17. The fraction of sp³-hybridized carbons (Fsp3) is 0.429. The Morgan fingerprint density at radius 1 is 1.45 bits per heavy atom. The monoisotopic (exact) mass is 297 g/mol. The molecule has 0 atom stereocenters. The molecule has 20 heavy (non-hydrogen) atoms. The number of halogens is 1. The summed E-state index contributed by atoms with van der Waals surface area (Å²) in [5.74, 6) is 0. The number of amides is 1. The number of nitrogens with one attached hydrogen (secondary N) is 1. The highest BCUT2D eigenvalue weighted by Crippen LogP contribution is 2.22. The summed E-state index contributed by atoms with van der Waals surface area (Å²) >= 11 is 6.05. The summed E-state index contributed by atoms with van der Waals surface area (Å²) in [5.41, 5.74) is 2.56. The summed E-state index contributed by atoms with van der Waals surface area (Å²) in [6.07, 6.45) is 0.189. The van der Waals surface area contributed by atoms with Gasteiger partial charge in [0.2, 0.25) is 0 Å². The normalized spacial score (nSPS) is 11.2. The molecule has 1 aromatic carbocycles. The number of rotatable bonds is 5. The molecular formula is C14H20ClN3O2. The quantitative estimate of drug-likeness (QED) is 0.667. The van der Waals surface area contributed by atoms with Crippen molar-refractivity contribution in [1.82, 2.24) is 5.01 Å². The Bertz CT molecular complexity index is 503. The van der Waals surface area contributed by atoms with E-state index >= 15 is 0 Å². The molecule has 0 heterocycles. The van der Waals surface area contributed by atoms with Crippen molar-refractivity contribution in [2.45, 2.75) is 20.3 Å². The number of anilines is 1. The molecule has 0 fully saturated rings. The van der Waals surface area contributed by atoms with Gasteiger partial charge in [-0.3, -0.25) is 0 Å². The van der Waals surface area contributed by atoms with Crippen LogP contribution in [0, 0.1) is 0 Å². The molecule has 6 heteroatoms. The van der Waals surface area contributed by atoms with Gasteiger partial charge in [0.15, 0.2) is 0 Å². The molecule has 1 aromatic rings. The number of methoxy groups -OCH3 is 1. The van der Waals surface area contributed by atoms with Crippen molar-refractivity contribution in [1.29, 1.82) is 0 Å². The zero-order valence-electron chi connectivity index (χ0n) is 12.2. The Labute approximate surface area is 124 Å². The molecule has 0 spiro atoms. The van der Waals surface area contributed by atoms with Crippen molar-refractivity contribution >= 4 is 29.1 Å². The number of hydrazone groups is 1. The van der Waals surface area contributed by atoms with Crippen LogP contribution in [0.15, 0.2) is 23.3 Å². The molecule has 1 amide bonds. The van der Waals surface area contributed by atoms with Gasteiger partial charge in [0.1, 0.15) is 0 Å². The maximum atomic E-state index is 11.6. The fourth-order valence-corrected chi connectivity index (χ4v) is 1.95. The lowest BCUT2D eigenvalue weighted by Crippen LogP contribution is -2.27. The van der Waals surface area contributed by atoms with Crippen LogP contribution in [0.25, 0.3) is 0 Å². The van der Waals surface area contributed by atoms with Gasteiger partial charge in [0.05, 0.1) is 12.8 Å². The molecule has 0 aromatic heterocycles. The van der Waals surface area contributed by atoms with Crippen LogP contribution in [0.3, 0.4) is 0 Å². The van der Waals surface area contributed by atoms with Gasteiger partial charge in [-0.15, -0.1) is 0 Å². The Kier molecular flexibility index (Phi) is 6.31. The minimum atomic E-state index is -0.480. The van der Waals surface area contributed by atoms with Gasteiger partial charge in [0, 0.05) is 29.9 Å². The predicted molar refractivity (Wildman–Crippen MR) is 82.6 cm³/mol. The number of hydrogen-bond acceptors (Lipinski definition) is 4. The predicted octanol–water partition coefficient (Wildman–Crippen LogP) is 3.58. The zero-order valence-corrected chi connectivity index (χ0v) is 13.0. The molecule has 0 radical (unpaired) electrons. The van der Waals surface area contributed by atoms with Crippen LogP contribution < -0.4 is 5.32 Å². The van der Waals surface area contributed by atoms with Gasteiger partial charge in [0.25, 0.3) is 0 Å². The van der Waals surface area contributed by atoms with Crippen molar-refractivity contribution in [3.05, 3.63) is 28.8 Å². The number of ether oxygens (including phenoxy) is 1. The molecule has 1 rings (SSSR count). The minimum absolute atomic E-state index is 0.436. The molecule has 5 nitrogen and oxygen atoms in total. The average Bonchev–Trinajstić information content (AvgIpc) is 2.47. The van der Waals surface area contributed by atoms with Crippen molar-refractivity contribution in [3.63, 3.8) is 0 Å². The molecule has 0 bridgehead atoms. The highest BCUT2D eigenvalue weighted by molar-refractivity contribution is 6.31. The van der Waals surface area contributed by atoms with E-state index < -0.39 is 6.09 Å². The Hall–Kier alpha value is -1.75. The van der Waals surface area contributed by atoms with Gasteiger partial charge in [-0.05, 0) is 31.5 Å². The van der Waals surface area contributed by atoms with E-state index in [4.69, 9.17) is 16.3 Å². The van der Waals surface area contributed by atoms with Crippen LogP contribution in [0.1, 0.15) is 25.8 Å². The molecule has 0 aliphatic carbocycles. The molecule has 0 saturated heterocycles. The van der Waals surface area contributed by atoms with Crippen LogP contribution >= 0.6 is 11.6 Å². The first kappa shape index (κ1) is 16.3. The third-order valence-electron chi connectivity index (χ3n) is 2.82. The van der Waals surface area contributed by atoms with Crippen LogP contribution in [0.2, 0.25) is 5.02 Å². The smallest absolute Gasteiger partial charge is 0.430 e. The van der Waals surface area contributed by atoms with E-state index in [1.165, 1.54) is 12.1 Å². The molecule has 0 aliphatic heterocycles. The van der Waals surface area contributed by atoms with Crippen molar-refractivity contribution in [2.75, 3.05) is 26.0 Å². The van der Waals surface area contributed by atoms with Gasteiger partial charge in [-0.2, -0.15) is 10.1 Å². The van der Waals surface area contributed by atoms with Gasteiger partial charge in [-0.25, -0.2) is 4.79 Å². The summed E-state index contributed by atoms with van der Waals surface area (Å²) < 4.78 is 4.70. The summed E-state index contributed by atoms with van der Waals surface area (Å²) in [6.45, 7) is 4.25. The van der Waals surface area contributed by atoms with E-state index in [1.807, 2.05) is 39.1 Å². The van der Waals surface area contributed by atoms with Crippen molar-refractivity contribution < 1.29 is 9.53 Å². The largest absolute Gasteiger partial charge is 0.451 e. The molecular weight excluding hydrogens is 278 g/mol. The second kappa shape index (κ2) is 7.75. The molecule has 110 valence electrons. The van der Waals surface area contributed by atoms with Crippen LogP contribution in [0.4, 0.5) is 10.5 Å². The number of benzene rings is 1. The number of carbonyl (C=O) groups is 1. The third-order valence-corrected chi connectivity index (χ3v) is 3.06. The number of carbonyl (C=O) groups excluding carboxylic acids is 1. The van der Waals surface area contributed by atoms with Gasteiger partial charge in [-0.1, -0.05) is 18.5 Å². The van der Waals surface area contributed by atoms with E-state index in [2.05, 4.69) is 10.4 Å². The first-order valence-electron chi connectivity index (χ1n) is 6.47. The third kappa shape index (κ3) is 3.87. The highest BCUT2D eigenvalue weighted by atomic mass is 35.5. The second-order valence-electron chi connectivity index (χ2n) is 4.03. The molecule has 0 unspecified atom stereocenters. The first-order valence-corrected chi connectivity index (χ1v) is 6.85. The maximum Gasteiger partial charge on any atom is 0.430 e. The van der Waals surface area contributed by atoms with Crippen molar-refractivity contribution in [3.8, 4) is 0 Å². The standard InChI is InChI=1S/C14H20ClN3O2/c1-5-12(17-18(6-2)14(19)20-4)11-9-10(15)7-8-13(11)16-3/h7-9,16H,5-6H2,1-4H3/b17-12-. The highest BCUT2D eigenvalue weighted by Gasteiger charge is 2.14. The SMILES string of the molecule is CC/C(=N/N(CC)C(=O)OC)c1cc(Cl)ccc1NC. The lowest BCUT2D eigenvalue weighted by molar-refractivity contribution is 0.127. The van der Waals surface area contributed by atoms with E-state index in [0.29, 0.717) is 18.0 Å². The topological polar surface area (TPSA) is 53.9 Å². The number of hydrogen-bond donors (Lipinski definition) is 1. The van der Waals surface area contributed by atoms with Crippen molar-refractivity contribution in [2.24, 2.45) is 5.10 Å². The minimum Gasteiger partial charge on any atom is -0.451 e. The molecule has 0 saturated carbocycles. The first-order chi connectivity index (χ1) is 9.57. The van der Waals surface area contributed by atoms with Gasteiger partial charge >= 0.3 is 6.09 Å². The van der Waals surface area contributed by atoms with Crippen LogP contribution in [-0.2, 0) is 4.74 Å². The van der Waals surface area contributed by atoms with Crippen LogP contribution in [0.5, 0.6) is 0 Å². The fourth-order valence-electron chi connectivity index (χ4n) is 1.78. The van der Waals surface area contributed by atoms with E-state index in [1.54, 1.807) is 0 Å². The van der Waals surface area contributed by atoms with Gasteiger partial charge < -0.3 is 10.1 Å². The molecule has 1 N–H and O–H groups in total. The maximum absolute atomic E-state index is 11.6. The summed E-state index contributed by atoms with van der Waals surface area (Å²) in [5, 5.41) is 9.40. The van der Waals surface area contributed by atoms with Crippen LogP contribution in [-0.4, -0.2) is 37.5 Å². The van der Waals surface area contributed by atoms with E-state index in [-0.39, 0.29) is 0 Å². The Balaban J connectivity index is 3.24. The average molecular weight is 298 g/mol. The Morgan fingerprint density at radius 2 is 2.15 bits per heavy atom. The lowest BCUT2D eigenvalue weighted by Gasteiger charge is -2.17. The lowest BCUT2D eigenvalue weighted by atomic mass is 10.1. The zero-order chi connectivity index (χ0) is 15.1. The van der Waals surface area contributed by atoms with E-state index in [0.717, 1.165) is 17.0 Å². The summed E-state index contributed by atoms with van der Waals surface area (Å²) in [4.78, 5) is 11.6. The Morgan fingerprint density at radius 3 is 2.65 bits per heavy atom. The van der Waals surface area contributed by atoms with E-state index in [9.17, 15) is 4.79 Å².